The zero-order chi connectivity index (χ0) is 24.3. The quantitative estimate of drug-likeness (QED) is 0.616. The van der Waals surface area contributed by atoms with Crippen molar-refractivity contribution in [1.29, 1.82) is 0 Å². The highest BCUT2D eigenvalue weighted by molar-refractivity contribution is 6.32. The maximum absolute atomic E-state index is 12.3. The minimum Gasteiger partial charge on any atom is -0.464 e. The number of methoxy groups -OCH3 is 1. The predicted octanol–water partition coefficient (Wildman–Crippen LogP) is 3.78. The Kier molecular flexibility index (Phi) is 7.31. The number of carbonyl (C=O) groups is 2. The van der Waals surface area contributed by atoms with Crippen molar-refractivity contribution in [3.63, 3.8) is 0 Å². The van der Waals surface area contributed by atoms with Crippen LogP contribution in [0.15, 0.2) is 6.20 Å². The Morgan fingerprint density at radius 3 is 2.42 bits per heavy atom. The third kappa shape index (κ3) is 5.84. The van der Waals surface area contributed by atoms with Gasteiger partial charge in [-0.15, -0.1) is 0 Å². The molecule has 0 spiro atoms. The van der Waals surface area contributed by atoms with E-state index in [0.29, 0.717) is 24.6 Å². The fourth-order valence-corrected chi connectivity index (χ4v) is 3.68. The van der Waals surface area contributed by atoms with Gasteiger partial charge in [-0.2, -0.15) is 5.10 Å². The minimum atomic E-state index is -0.658. The molecule has 1 fully saturated rings. The van der Waals surface area contributed by atoms with Gasteiger partial charge in [0.25, 0.3) is 0 Å². The Labute approximate surface area is 197 Å². The van der Waals surface area contributed by atoms with E-state index in [0.717, 1.165) is 18.5 Å². The lowest BCUT2D eigenvalue weighted by Gasteiger charge is -2.33. The zero-order valence-corrected chi connectivity index (χ0v) is 20.5. The van der Waals surface area contributed by atoms with Gasteiger partial charge in [0.1, 0.15) is 5.60 Å². The topological polar surface area (TPSA) is 124 Å². The van der Waals surface area contributed by atoms with Crippen molar-refractivity contribution in [3.8, 4) is 0 Å². The molecule has 0 unspecified atom stereocenters. The molecular formula is C21H30ClN7O4. The number of esters is 1. The van der Waals surface area contributed by atoms with Gasteiger partial charge in [0.15, 0.2) is 22.5 Å². The molecule has 0 radical (unpaired) electrons. The van der Waals surface area contributed by atoms with E-state index in [4.69, 9.17) is 21.1 Å². The number of halogens is 1. The van der Waals surface area contributed by atoms with Gasteiger partial charge in [-0.05, 0) is 40.5 Å². The predicted molar refractivity (Wildman–Crippen MR) is 124 cm³/mol. The number of rotatable bonds is 5. The molecule has 180 valence electrons. The molecule has 1 aliphatic heterocycles. The summed E-state index contributed by atoms with van der Waals surface area (Å²) < 4.78 is 12.2. The monoisotopic (exact) mass is 479 g/mol. The average molecular weight is 480 g/mol. The average Bonchev–Trinajstić information content (AvgIpc) is 3.13. The second-order valence-electron chi connectivity index (χ2n) is 8.73. The van der Waals surface area contributed by atoms with E-state index in [1.807, 2.05) is 38.6 Å². The lowest BCUT2D eigenvalue weighted by atomic mass is 10.1. The molecule has 0 bridgehead atoms. The lowest BCUT2D eigenvalue weighted by Crippen LogP contribution is -2.42. The summed E-state index contributed by atoms with van der Waals surface area (Å²) in [5.74, 6) is -0.126. The van der Waals surface area contributed by atoms with E-state index >= 15 is 0 Å². The summed E-state index contributed by atoms with van der Waals surface area (Å²) in [6.45, 7) is 8.59. The number of amides is 1. The highest BCUT2D eigenvalue weighted by Gasteiger charge is 2.28. The van der Waals surface area contributed by atoms with Gasteiger partial charge in [0, 0.05) is 26.3 Å². The van der Waals surface area contributed by atoms with Crippen molar-refractivity contribution in [2.24, 2.45) is 0 Å². The van der Waals surface area contributed by atoms with E-state index < -0.39 is 11.6 Å². The summed E-state index contributed by atoms with van der Waals surface area (Å²) in [6.07, 6.45) is 3.06. The Bertz CT molecular complexity index is 1030. The summed E-state index contributed by atoms with van der Waals surface area (Å²) in [5, 5.41) is 10.7. The van der Waals surface area contributed by atoms with Crippen LogP contribution in [0.5, 0.6) is 0 Å². The molecule has 0 atom stereocenters. The Balaban J connectivity index is 1.75. The number of nitrogens with one attached hydrogen (secondary N) is 2. The van der Waals surface area contributed by atoms with E-state index in [-0.39, 0.29) is 28.8 Å². The summed E-state index contributed by atoms with van der Waals surface area (Å²) in [4.78, 5) is 34.7. The number of piperidine rings is 1. The molecule has 3 rings (SSSR count). The second kappa shape index (κ2) is 9.82. The smallest absolute Gasteiger partial charge is 0.410 e. The van der Waals surface area contributed by atoms with Crippen LogP contribution in [0.3, 0.4) is 0 Å². The third-order valence-electron chi connectivity index (χ3n) is 5.13. The first-order valence-electron chi connectivity index (χ1n) is 10.7. The van der Waals surface area contributed by atoms with Crippen LogP contribution in [0.25, 0.3) is 0 Å². The van der Waals surface area contributed by atoms with Gasteiger partial charge in [0.05, 0.1) is 24.5 Å². The second-order valence-corrected chi connectivity index (χ2v) is 9.09. The molecule has 0 aromatic carbocycles. The standard InChI is InChI=1S/C21H30ClN7O4/c1-12-14(24-17-15(19(30)32-6)25-16(22)18(23-5)26-17)11-29(27-12)13-7-9-28(10-8-13)20(31)33-21(2,3)4/h11,13H,7-10H2,1-6H3,(H2,23,24,26). The SMILES string of the molecule is CNc1nc(Nc2cn(C3CCN(C(=O)OC(C)(C)C)CC3)nc2C)c(C(=O)OC)nc1Cl. The minimum absolute atomic E-state index is 0.0284. The highest BCUT2D eigenvalue weighted by atomic mass is 35.5. The number of hydrogen-bond acceptors (Lipinski definition) is 9. The molecule has 1 saturated heterocycles. The number of likely N-dealkylation sites (tertiary alicyclic amines) is 1. The molecule has 3 heterocycles. The number of aromatic nitrogens is 4. The largest absolute Gasteiger partial charge is 0.464 e. The summed E-state index contributed by atoms with van der Waals surface area (Å²) >= 11 is 6.09. The molecule has 1 aliphatic rings. The first-order chi connectivity index (χ1) is 15.5. The highest BCUT2D eigenvalue weighted by Crippen LogP contribution is 2.29. The Hall–Kier alpha value is -3.08. The van der Waals surface area contributed by atoms with Gasteiger partial charge in [-0.25, -0.2) is 19.6 Å². The molecule has 2 aromatic rings. The third-order valence-corrected chi connectivity index (χ3v) is 5.39. The van der Waals surface area contributed by atoms with Crippen molar-refractivity contribution in [2.75, 3.05) is 37.9 Å². The summed E-state index contributed by atoms with van der Waals surface area (Å²) in [6, 6.07) is 0.127. The van der Waals surface area contributed by atoms with Crippen LogP contribution >= 0.6 is 11.6 Å². The van der Waals surface area contributed by atoms with Crippen LogP contribution < -0.4 is 10.6 Å². The van der Waals surface area contributed by atoms with Crippen LogP contribution in [0, 0.1) is 6.92 Å². The van der Waals surface area contributed by atoms with Gasteiger partial charge in [0.2, 0.25) is 0 Å². The molecule has 33 heavy (non-hydrogen) atoms. The van der Waals surface area contributed by atoms with E-state index in [2.05, 4.69) is 25.7 Å². The van der Waals surface area contributed by atoms with Gasteiger partial charge in [-0.1, -0.05) is 11.6 Å². The summed E-state index contributed by atoms with van der Waals surface area (Å²) in [7, 11) is 2.92. The van der Waals surface area contributed by atoms with Gasteiger partial charge in [-0.3, -0.25) is 4.68 Å². The van der Waals surface area contributed by atoms with E-state index in [9.17, 15) is 9.59 Å². The van der Waals surface area contributed by atoms with Crippen molar-refractivity contribution < 1.29 is 19.1 Å². The van der Waals surface area contributed by atoms with Crippen molar-refractivity contribution in [2.45, 2.75) is 52.2 Å². The van der Waals surface area contributed by atoms with Crippen LogP contribution in [0.2, 0.25) is 5.15 Å². The van der Waals surface area contributed by atoms with Crippen LogP contribution in [0.1, 0.15) is 55.8 Å². The van der Waals surface area contributed by atoms with E-state index in [1.165, 1.54) is 7.11 Å². The van der Waals surface area contributed by atoms with Gasteiger partial charge < -0.3 is 25.0 Å². The zero-order valence-electron chi connectivity index (χ0n) is 19.7. The Morgan fingerprint density at radius 2 is 1.85 bits per heavy atom. The van der Waals surface area contributed by atoms with Crippen LogP contribution in [-0.4, -0.2) is 69.6 Å². The number of carbonyl (C=O) groups excluding carboxylic acids is 2. The molecule has 2 N–H and O–H groups in total. The molecule has 1 amide bonds. The molecule has 2 aromatic heterocycles. The van der Waals surface area contributed by atoms with E-state index in [1.54, 1.807) is 11.9 Å². The van der Waals surface area contributed by atoms with Gasteiger partial charge >= 0.3 is 12.1 Å². The Morgan fingerprint density at radius 1 is 1.18 bits per heavy atom. The van der Waals surface area contributed by atoms with Crippen molar-refractivity contribution in [3.05, 3.63) is 22.7 Å². The number of hydrogen-bond donors (Lipinski definition) is 2. The molecule has 0 saturated carbocycles. The first kappa shape index (κ1) is 24.6. The maximum atomic E-state index is 12.3. The fourth-order valence-electron chi connectivity index (χ4n) is 3.46. The number of aryl methyl sites for hydroxylation is 1. The van der Waals surface area contributed by atoms with Crippen LogP contribution in [0.4, 0.5) is 22.1 Å². The number of ether oxygens (including phenoxy) is 2. The van der Waals surface area contributed by atoms with Crippen LogP contribution in [-0.2, 0) is 9.47 Å². The first-order valence-corrected chi connectivity index (χ1v) is 11.0. The fraction of sp³-hybridized carbons (Fsp3) is 0.571. The lowest BCUT2D eigenvalue weighted by molar-refractivity contribution is 0.0184. The molecule has 11 nitrogen and oxygen atoms in total. The van der Waals surface area contributed by atoms with Crippen molar-refractivity contribution >= 4 is 41.0 Å². The van der Waals surface area contributed by atoms with Crippen molar-refractivity contribution in [1.82, 2.24) is 24.6 Å². The number of anilines is 3. The summed E-state index contributed by atoms with van der Waals surface area (Å²) in [5.41, 5.74) is 0.852. The normalized spacial score (nSPS) is 14.7. The molecule has 12 heteroatoms. The number of nitrogens with zero attached hydrogens (tertiary/aromatic N) is 5. The molecular weight excluding hydrogens is 450 g/mol. The maximum Gasteiger partial charge on any atom is 0.410 e. The molecule has 0 aliphatic carbocycles.